The molecule has 3 N–H and O–H groups in total. The Labute approximate surface area is 185 Å². The number of aryl methyl sites for hydroxylation is 1. The van der Waals surface area contributed by atoms with Crippen LogP contribution in [0, 0.1) is 5.92 Å². The number of ether oxygens (including phenoxy) is 1. The number of rotatable bonds is 7. The lowest BCUT2D eigenvalue weighted by molar-refractivity contribution is -0.136. The molecule has 1 aromatic rings. The molecule has 0 fully saturated rings. The molecule has 0 saturated heterocycles. The highest BCUT2D eigenvalue weighted by Crippen LogP contribution is 2.19. The largest absolute Gasteiger partial charge is 0.444 e. The van der Waals surface area contributed by atoms with Crippen molar-refractivity contribution in [1.82, 2.24) is 25.5 Å². The summed E-state index contributed by atoms with van der Waals surface area (Å²) in [4.78, 5) is 42.9. The van der Waals surface area contributed by atoms with E-state index in [1.807, 2.05) is 41.7 Å². The number of nitrogens with one attached hydrogen (secondary N) is 3. The predicted molar refractivity (Wildman–Crippen MR) is 119 cm³/mol. The van der Waals surface area contributed by atoms with E-state index in [0.29, 0.717) is 5.69 Å². The molecular weight excluding hydrogens is 398 g/mol. The molecule has 176 valence electrons. The quantitative estimate of drug-likeness (QED) is 0.606. The van der Waals surface area contributed by atoms with E-state index in [0.717, 1.165) is 0 Å². The minimum Gasteiger partial charge on any atom is -0.444 e. The molecule has 0 aromatic carbocycles. The van der Waals surface area contributed by atoms with Crippen molar-refractivity contribution in [1.29, 1.82) is 0 Å². The van der Waals surface area contributed by atoms with E-state index < -0.39 is 34.7 Å². The Balaban J connectivity index is 3.12. The van der Waals surface area contributed by atoms with E-state index in [4.69, 9.17) is 4.74 Å². The molecule has 9 heteroatoms. The van der Waals surface area contributed by atoms with Crippen molar-refractivity contribution < 1.29 is 19.1 Å². The molecule has 0 unspecified atom stereocenters. The van der Waals surface area contributed by atoms with Crippen LogP contribution in [0.1, 0.15) is 68.0 Å². The standard InChI is InChI=1S/C22H39N5O4/c1-14(2)22(9,18(29)26-20(3,4)5)25-17(28)16(11-15-12-27(10)13-23-15)24-19(30)31-21(6,7)8/h12-14,16H,11H2,1-10H3,(H,24,30)(H,25,28)(H,26,29)/t16-,22+/m0/s1. The Morgan fingerprint density at radius 3 is 2.06 bits per heavy atom. The highest BCUT2D eigenvalue weighted by atomic mass is 16.6. The molecule has 0 aliphatic heterocycles. The van der Waals surface area contributed by atoms with Crippen LogP contribution in [0.15, 0.2) is 12.5 Å². The minimum absolute atomic E-state index is 0.154. The topological polar surface area (TPSA) is 114 Å². The van der Waals surface area contributed by atoms with Crippen LogP contribution in [-0.4, -0.2) is 50.2 Å². The summed E-state index contributed by atoms with van der Waals surface area (Å²) in [7, 11) is 1.82. The van der Waals surface area contributed by atoms with Gasteiger partial charge in [-0.25, -0.2) is 9.78 Å². The molecule has 0 bridgehead atoms. The van der Waals surface area contributed by atoms with Crippen molar-refractivity contribution in [3.8, 4) is 0 Å². The fourth-order valence-corrected chi connectivity index (χ4v) is 2.72. The zero-order valence-electron chi connectivity index (χ0n) is 20.5. The Hall–Kier alpha value is -2.58. The normalized spacial score (nSPS) is 15.1. The van der Waals surface area contributed by atoms with E-state index in [1.54, 1.807) is 44.8 Å². The summed E-state index contributed by atoms with van der Waals surface area (Å²) in [5.74, 6) is -0.982. The second-order valence-corrected chi connectivity index (χ2v) is 10.5. The summed E-state index contributed by atoms with van der Waals surface area (Å²) in [5.41, 5.74) is -1.72. The molecule has 2 atom stereocenters. The molecule has 0 aliphatic carbocycles. The molecule has 0 radical (unpaired) electrons. The molecule has 0 saturated carbocycles. The maximum Gasteiger partial charge on any atom is 0.408 e. The van der Waals surface area contributed by atoms with E-state index in [-0.39, 0.29) is 18.2 Å². The molecule has 3 amide bonds. The molecule has 1 heterocycles. The van der Waals surface area contributed by atoms with Crippen molar-refractivity contribution in [2.45, 2.75) is 91.5 Å². The Bertz CT molecular complexity index is 789. The lowest BCUT2D eigenvalue weighted by Gasteiger charge is -2.37. The first-order chi connectivity index (χ1) is 13.9. The zero-order valence-corrected chi connectivity index (χ0v) is 20.5. The number of hydrogen-bond acceptors (Lipinski definition) is 5. The van der Waals surface area contributed by atoms with Gasteiger partial charge in [0, 0.05) is 25.2 Å². The van der Waals surface area contributed by atoms with Gasteiger partial charge in [0.1, 0.15) is 17.2 Å². The predicted octanol–water partition coefficient (Wildman–Crippen LogP) is 2.30. The van der Waals surface area contributed by atoms with Crippen LogP contribution in [0.3, 0.4) is 0 Å². The highest BCUT2D eigenvalue weighted by Gasteiger charge is 2.41. The average molecular weight is 438 g/mol. The number of hydrogen-bond donors (Lipinski definition) is 3. The molecule has 0 spiro atoms. The number of imidazole rings is 1. The molecule has 0 aliphatic rings. The number of aromatic nitrogens is 2. The van der Waals surface area contributed by atoms with Crippen molar-refractivity contribution in [3.05, 3.63) is 18.2 Å². The van der Waals surface area contributed by atoms with Gasteiger partial charge in [0.2, 0.25) is 11.8 Å². The molecular formula is C22H39N5O4. The van der Waals surface area contributed by atoms with Crippen LogP contribution in [0.5, 0.6) is 0 Å². The number of carbonyl (C=O) groups is 3. The molecule has 1 rings (SSSR count). The first-order valence-corrected chi connectivity index (χ1v) is 10.5. The van der Waals surface area contributed by atoms with Crippen LogP contribution in [0.4, 0.5) is 4.79 Å². The second-order valence-electron chi connectivity index (χ2n) is 10.5. The lowest BCUT2D eigenvalue weighted by atomic mass is 9.86. The van der Waals surface area contributed by atoms with Gasteiger partial charge in [0.15, 0.2) is 0 Å². The van der Waals surface area contributed by atoms with Crippen LogP contribution in [-0.2, 0) is 27.8 Å². The highest BCUT2D eigenvalue weighted by molar-refractivity contribution is 5.94. The first-order valence-electron chi connectivity index (χ1n) is 10.5. The molecule has 31 heavy (non-hydrogen) atoms. The van der Waals surface area contributed by atoms with Crippen molar-refractivity contribution in [2.24, 2.45) is 13.0 Å². The van der Waals surface area contributed by atoms with E-state index in [1.165, 1.54) is 0 Å². The van der Waals surface area contributed by atoms with Crippen LogP contribution >= 0.6 is 0 Å². The average Bonchev–Trinajstić information content (AvgIpc) is 2.95. The van der Waals surface area contributed by atoms with E-state index in [2.05, 4.69) is 20.9 Å². The third-order valence-electron chi connectivity index (χ3n) is 4.68. The van der Waals surface area contributed by atoms with Crippen LogP contribution < -0.4 is 16.0 Å². The minimum atomic E-state index is -1.18. The summed E-state index contributed by atoms with van der Waals surface area (Å²) in [6, 6.07) is -0.967. The maximum absolute atomic E-state index is 13.2. The molecule has 1 aromatic heterocycles. The van der Waals surface area contributed by atoms with Crippen LogP contribution in [0.2, 0.25) is 0 Å². The van der Waals surface area contributed by atoms with Crippen LogP contribution in [0.25, 0.3) is 0 Å². The summed E-state index contributed by atoms with van der Waals surface area (Å²) >= 11 is 0. The Morgan fingerprint density at radius 1 is 1.06 bits per heavy atom. The van der Waals surface area contributed by atoms with Gasteiger partial charge < -0.3 is 25.3 Å². The van der Waals surface area contributed by atoms with Crippen molar-refractivity contribution in [3.63, 3.8) is 0 Å². The summed E-state index contributed by atoms with van der Waals surface area (Å²) in [6.45, 7) is 16.3. The fraction of sp³-hybridized carbons (Fsp3) is 0.727. The number of alkyl carbamates (subject to hydrolysis) is 1. The summed E-state index contributed by atoms with van der Waals surface area (Å²) in [5, 5.41) is 8.41. The lowest BCUT2D eigenvalue weighted by Crippen LogP contribution is -2.65. The van der Waals surface area contributed by atoms with Gasteiger partial charge in [-0.15, -0.1) is 0 Å². The smallest absolute Gasteiger partial charge is 0.408 e. The SMILES string of the molecule is CC(C)[C@@](C)(NC(=O)[C@H](Cc1cn(C)cn1)NC(=O)OC(C)(C)C)C(=O)NC(C)(C)C. The Kier molecular flexibility index (Phi) is 8.28. The number of amides is 3. The molecule has 9 nitrogen and oxygen atoms in total. The Morgan fingerprint density at radius 2 is 1.65 bits per heavy atom. The van der Waals surface area contributed by atoms with Gasteiger partial charge in [-0.1, -0.05) is 13.8 Å². The first kappa shape index (κ1) is 26.5. The third-order valence-corrected chi connectivity index (χ3v) is 4.68. The monoisotopic (exact) mass is 437 g/mol. The second kappa shape index (κ2) is 9.70. The van der Waals surface area contributed by atoms with E-state index in [9.17, 15) is 14.4 Å². The number of carbonyl (C=O) groups excluding carboxylic acids is 3. The fourth-order valence-electron chi connectivity index (χ4n) is 2.72. The van der Waals surface area contributed by atoms with Gasteiger partial charge in [-0.05, 0) is 54.4 Å². The summed E-state index contributed by atoms with van der Waals surface area (Å²) in [6.07, 6.45) is 2.83. The zero-order chi connectivity index (χ0) is 24.2. The van der Waals surface area contributed by atoms with Gasteiger partial charge in [0.25, 0.3) is 0 Å². The summed E-state index contributed by atoms with van der Waals surface area (Å²) < 4.78 is 7.07. The number of nitrogens with zero attached hydrogens (tertiary/aromatic N) is 2. The van der Waals surface area contributed by atoms with Gasteiger partial charge in [-0.3, -0.25) is 9.59 Å². The van der Waals surface area contributed by atoms with Gasteiger partial charge in [-0.2, -0.15) is 0 Å². The van der Waals surface area contributed by atoms with Gasteiger partial charge >= 0.3 is 6.09 Å². The van der Waals surface area contributed by atoms with Crippen molar-refractivity contribution >= 4 is 17.9 Å². The third kappa shape index (κ3) is 8.59. The van der Waals surface area contributed by atoms with Crippen molar-refractivity contribution in [2.75, 3.05) is 0 Å². The van der Waals surface area contributed by atoms with Gasteiger partial charge in [0.05, 0.1) is 12.0 Å². The maximum atomic E-state index is 13.2. The van der Waals surface area contributed by atoms with E-state index >= 15 is 0 Å².